The molecular formula is C8H16O3Si. The van der Waals surface area contributed by atoms with Crippen molar-refractivity contribution in [3.05, 3.63) is 11.3 Å². The Morgan fingerprint density at radius 3 is 2.42 bits per heavy atom. The van der Waals surface area contributed by atoms with E-state index in [0.29, 0.717) is 16.1 Å². The smallest absolute Gasteiger partial charge is 0.323 e. The van der Waals surface area contributed by atoms with E-state index in [4.69, 9.17) is 9.16 Å². The molecule has 0 saturated heterocycles. The van der Waals surface area contributed by atoms with Crippen LogP contribution in [0.25, 0.3) is 0 Å². The Balaban J connectivity index is 4.47. The molecule has 0 aromatic rings. The van der Waals surface area contributed by atoms with E-state index in [9.17, 15) is 4.79 Å². The minimum Gasteiger partial charge on any atom is -0.525 e. The van der Waals surface area contributed by atoms with Crippen LogP contribution in [0.1, 0.15) is 26.7 Å². The Morgan fingerprint density at radius 2 is 2.08 bits per heavy atom. The first-order chi connectivity index (χ1) is 5.67. The summed E-state index contributed by atoms with van der Waals surface area (Å²) in [5.74, 6) is 0.477. The zero-order valence-electron chi connectivity index (χ0n) is 8.14. The summed E-state index contributed by atoms with van der Waals surface area (Å²) in [5.41, 5.74) is 0.592. The molecule has 0 atom stereocenters. The molecule has 4 heteroatoms. The van der Waals surface area contributed by atoms with Gasteiger partial charge < -0.3 is 9.16 Å². The van der Waals surface area contributed by atoms with Gasteiger partial charge in [0, 0.05) is 6.42 Å². The van der Waals surface area contributed by atoms with Crippen LogP contribution in [0.15, 0.2) is 11.3 Å². The van der Waals surface area contributed by atoms with E-state index in [2.05, 4.69) is 0 Å². The highest BCUT2D eigenvalue weighted by Gasteiger charge is 2.09. The van der Waals surface area contributed by atoms with Gasteiger partial charge in [-0.05, 0) is 13.3 Å². The molecule has 0 aliphatic heterocycles. The van der Waals surface area contributed by atoms with Crippen molar-refractivity contribution in [1.82, 2.24) is 0 Å². The van der Waals surface area contributed by atoms with Gasteiger partial charge in [-0.2, -0.15) is 0 Å². The van der Waals surface area contributed by atoms with Crippen LogP contribution < -0.4 is 0 Å². The van der Waals surface area contributed by atoms with Gasteiger partial charge in [0.15, 0.2) is 0 Å². The molecule has 0 rings (SSSR count). The molecule has 0 spiro atoms. The third-order valence-electron chi connectivity index (χ3n) is 1.63. The number of hydrogen-bond acceptors (Lipinski definition) is 3. The van der Waals surface area contributed by atoms with Crippen LogP contribution in [-0.2, 0) is 14.0 Å². The summed E-state index contributed by atoms with van der Waals surface area (Å²) < 4.78 is 9.77. The van der Waals surface area contributed by atoms with Gasteiger partial charge in [-0.3, -0.25) is 0 Å². The molecule has 0 heterocycles. The predicted octanol–water partition coefficient (Wildman–Crippen LogP) is 0.530. The van der Waals surface area contributed by atoms with Gasteiger partial charge in [0.05, 0.1) is 12.7 Å². The molecule has 0 amide bonds. The highest BCUT2D eigenvalue weighted by molar-refractivity contribution is 6.09. The molecule has 3 nitrogen and oxygen atoms in total. The lowest BCUT2D eigenvalue weighted by Gasteiger charge is -2.08. The Labute approximate surface area is 76.3 Å². The van der Waals surface area contributed by atoms with Crippen LogP contribution >= 0.6 is 0 Å². The standard InChI is InChI=1S/C8H16O3Si/c1-4-5-7(10-3)6(2)8(9)11-12/h4-5H2,1-3,12H3. The van der Waals surface area contributed by atoms with E-state index in [-0.39, 0.29) is 5.97 Å². The molecule has 0 bridgehead atoms. The average molecular weight is 188 g/mol. The van der Waals surface area contributed by atoms with Crippen molar-refractivity contribution in [1.29, 1.82) is 0 Å². The van der Waals surface area contributed by atoms with E-state index in [1.54, 1.807) is 14.0 Å². The number of hydrogen-bond donors (Lipinski definition) is 0. The maximum atomic E-state index is 11.1. The van der Waals surface area contributed by atoms with Gasteiger partial charge in [-0.15, -0.1) is 0 Å². The first kappa shape index (κ1) is 11.2. The predicted molar refractivity (Wildman–Crippen MR) is 50.6 cm³/mol. The fourth-order valence-electron chi connectivity index (χ4n) is 0.937. The summed E-state index contributed by atoms with van der Waals surface area (Å²) in [6.07, 6.45) is 1.76. The Morgan fingerprint density at radius 1 is 1.50 bits per heavy atom. The van der Waals surface area contributed by atoms with Crippen LogP contribution in [0.4, 0.5) is 0 Å². The fourth-order valence-corrected chi connectivity index (χ4v) is 1.24. The third kappa shape index (κ3) is 3.09. The van der Waals surface area contributed by atoms with Crippen LogP contribution in [-0.4, -0.2) is 23.6 Å². The van der Waals surface area contributed by atoms with E-state index >= 15 is 0 Å². The second kappa shape index (κ2) is 5.82. The van der Waals surface area contributed by atoms with Crippen molar-refractivity contribution >= 4 is 16.5 Å². The second-order valence-corrected chi connectivity index (χ2v) is 2.90. The summed E-state index contributed by atoms with van der Waals surface area (Å²) in [6.45, 7) is 3.77. The van der Waals surface area contributed by atoms with Gasteiger partial charge >= 0.3 is 5.97 Å². The lowest BCUT2D eigenvalue weighted by Crippen LogP contribution is -2.06. The Bertz CT molecular complexity index is 187. The van der Waals surface area contributed by atoms with E-state index in [0.717, 1.165) is 18.6 Å². The largest absolute Gasteiger partial charge is 0.525 e. The van der Waals surface area contributed by atoms with Crippen molar-refractivity contribution in [3.8, 4) is 0 Å². The minimum atomic E-state index is -0.257. The van der Waals surface area contributed by atoms with Gasteiger partial charge in [-0.25, -0.2) is 4.79 Å². The van der Waals surface area contributed by atoms with Crippen LogP contribution in [0.2, 0.25) is 0 Å². The summed E-state index contributed by atoms with van der Waals surface area (Å²) >= 11 is 0. The van der Waals surface area contributed by atoms with Gasteiger partial charge in [0.2, 0.25) is 10.5 Å². The van der Waals surface area contributed by atoms with E-state index in [1.807, 2.05) is 6.92 Å². The normalized spacial score (nSPS) is 12.2. The highest BCUT2D eigenvalue weighted by Crippen LogP contribution is 2.12. The number of rotatable bonds is 4. The lowest BCUT2D eigenvalue weighted by molar-refractivity contribution is -0.130. The maximum absolute atomic E-state index is 11.1. The van der Waals surface area contributed by atoms with Crippen LogP contribution in [0.5, 0.6) is 0 Å². The van der Waals surface area contributed by atoms with Gasteiger partial charge in [0.1, 0.15) is 5.76 Å². The number of ether oxygens (including phenoxy) is 1. The van der Waals surface area contributed by atoms with Crippen LogP contribution in [0, 0.1) is 0 Å². The zero-order valence-corrected chi connectivity index (χ0v) is 10.1. The van der Waals surface area contributed by atoms with Gasteiger partial charge in [0.25, 0.3) is 0 Å². The first-order valence-corrected chi connectivity index (χ1v) is 4.81. The maximum Gasteiger partial charge on any atom is 0.323 e. The van der Waals surface area contributed by atoms with Crippen molar-refractivity contribution in [2.45, 2.75) is 26.7 Å². The molecule has 0 aromatic heterocycles. The molecule has 70 valence electrons. The Hall–Kier alpha value is -0.773. The number of carbonyl (C=O) groups excluding carboxylic acids is 1. The topological polar surface area (TPSA) is 35.5 Å². The number of methoxy groups -OCH3 is 1. The van der Waals surface area contributed by atoms with Crippen molar-refractivity contribution in [2.24, 2.45) is 0 Å². The number of carbonyl (C=O) groups is 1. The monoisotopic (exact) mass is 188 g/mol. The molecule has 0 fully saturated rings. The summed E-state index contributed by atoms with van der Waals surface area (Å²) in [6, 6.07) is 0. The number of allylic oxidation sites excluding steroid dienone is 1. The molecular weight excluding hydrogens is 172 g/mol. The van der Waals surface area contributed by atoms with Crippen molar-refractivity contribution in [2.75, 3.05) is 7.11 Å². The molecule has 0 radical (unpaired) electrons. The molecule has 0 aliphatic carbocycles. The molecule has 0 N–H and O–H groups in total. The molecule has 0 aromatic carbocycles. The fraction of sp³-hybridized carbons (Fsp3) is 0.625. The summed E-state index contributed by atoms with van der Waals surface area (Å²) in [4.78, 5) is 11.1. The summed E-state index contributed by atoms with van der Waals surface area (Å²) in [7, 11) is 2.01. The highest BCUT2D eigenvalue weighted by atomic mass is 28.2. The van der Waals surface area contributed by atoms with E-state index < -0.39 is 0 Å². The second-order valence-electron chi connectivity index (χ2n) is 2.49. The Kier molecular flexibility index (Phi) is 5.45. The molecule has 12 heavy (non-hydrogen) atoms. The van der Waals surface area contributed by atoms with E-state index in [1.165, 1.54) is 0 Å². The summed E-state index contributed by atoms with van der Waals surface area (Å²) in [5, 5.41) is 0. The molecule has 0 aliphatic rings. The zero-order chi connectivity index (χ0) is 9.56. The third-order valence-corrected chi connectivity index (χ3v) is 2.00. The lowest BCUT2D eigenvalue weighted by atomic mass is 10.2. The first-order valence-electron chi connectivity index (χ1n) is 3.99. The van der Waals surface area contributed by atoms with Crippen LogP contribution in [0.3, 0.4) is 0 Å². The SMILES string of the molecule is CCCC(OC)=C(C)C(=O)O[SiH3]. The van der Waals surface area contributed by atoms with Crippen molar-refractivity contribution < 1.29 is 14.0 Å². The van der Waals surface area contributed by atoms with Gasteiger partial charge in [-0.1, -0.05) is 6.92 Å². The quantitative estimate of drug-likeness (QED) is 0.367. The van der Waals surface area contributed by atoms with Crippen molar-refractivity contribution in [3.63, 3.8) is 0 Å². The molecule has 0 saturated carbocycles. The molecule has 0 unspecified atom stereocenters. The average Bonchev–Trinajstić information content (AvgIpc) is 2.11. The minimum absolute atomic E-state index is 0.257.